The molecule has 0 radical (unpaired) electrons. The lowest BCUT2D eigenvalue weighted by molar-refractivity contribution is 0.0139. The van der Waals surface area contributed by atoms with Gasteiger partial charge in [0.2, 0.25) is 0 Å². The van der Waals surface area contributed by atoms with Crippen LogP contribution in [0.1, 0.15) is 37.5 Å². The highest BCUT2D eigenvalue weighted by molar-refractivity contribution is 5.68. The van der Waals surface area contributed by atoms with Gasteiger partial charge in [-0.25, -0.2) is 9.59 Å². The number of alkyl carbamates (subject to hydrolysis) is 1. The van der Waals surface area contributed by atoms with Gasteiger partial charge in [-0.2, -0.15) is 0 Å². The maximum Gasteiger partial charge on any atom is 0.410 e. The predicted molar refractivity (Wildman–Crippen MR) is 159 cm³/mol. The Morgan fingerprint density at radius 3 is 1.95 bits per heavy atom. The molecule has 1 aliphatic heterocycles. The summed E-state index contributed by atoms with van der Waals surface area (Å²) in [6.07, 6.45) is -0.106. The fourth-order valence-electron chi connectivity index (χ4n) is 4.59. The van der Waals surface area contributed by atoms with Gasteiger partial charge in [0.05, 0.1) is 0 Å². The van der Waals surface area contributed by atoms with Crippen LogP contribution in [-0.2, 0) is 29.1 Å². The molecule has 4 rings (SSSR count). The Balaban J connectivity index is 1.33. The molecule has 1 fully saturated rings. The van der Waals surface area contributed by atoms with Gasteiger partial charge in [-0.15, -0.1) is 0 Å². The van der Waals surface area contributed by atoms with E-state index in [1.807, 2.05) is 106 Å². The number of benzene rings is 3. The lowest BCUT2D eigenvalue weighted by Crippen LogP contribution is -2.53. The zero-order chi connectivity index (χ0) is 29.1. The van der Waals surface area contributed by atoms with E-state index in [9.17, 15) is 9.59 Å². The molecule has 8 heteroatoms. The fraction of sp³-hybridized carbons (Fsp3) is 0.394. The summed E-state index contributed by atoms with van der Waals surface area (Å²) in [5.41, 5.74) is 2.61. The number of carbonyl (C=O) groups is 2. The first-order valence-corrected chi connectivity index (χ1v) is 14.2. The highest BCUT2D eigenvalue weighted by atomic mass is 16.6. The third-order valence-corrected chi connectivity index (χ3v) is 6.69. The van der Waals surface area contributed by atoms with E-state index in [4.69, 9.17) is 14.2 Å². The van der Waals surface area contributed by atoms with Crippen molar-refractivity contribution < 1.29 is 23.8 Å². The van der Waals surface area contributed by atoms with Crippen molar-refractivity contribution in [2.45, 2.75) is 52.0 Å². The molecule has 0 spiro atoms. The molecular weight excluding hydrogens is 518 g/mol. The predicted octanol–water partition coefficient (Wildman–Crippen LogP) is 5.66. The van der Waals surface area contributed by atoms with Crippen LogP contribution in [0, 0.1) is 0 Å². The minimum atomic E-state index is -0.522. The van der Waals surface area contributed by atoms with Crippen molar-refractivity contribution in [2.75, 3.05) is 32.7 Å². The van der Waals surface area contributed by atoms with E-state index >= 15 is 0 Å². The lowest BCUT2D eigenvalue weighted by atomic mass is 10.0. The van der Waals surface area contributed by atoms with Crippen molar-refractivity contribution in [2.24, 2.45) is 0 Å². The molecule has 1 aliphatic rings. The number of amides is 2. The lowest BCUT2D eigenvalue weighted by Gasteiger charge is -2.37. The van der Waals surface area contributed by atoms with Gasteiger partial charge in [-0.1, -0.05) is 72.8 Å². The van der Waals surface area contributed by atoms with Crippen molar-refractivity contribution in [1.82, 2.24) is 15.1 Å². The minimum absolute atomic E-state index is 0.178. The van der Waals surface area contributed by atoms with Crippen LogP contribution in [0.3, 0.4) is 0 Å². The number of hydrogen-bond donors (Lipinski definition) is 1. The van der Waals surface area contributed by atoms with Gasteiger partial charge in [0, 0.05) is 38.8 Å². The van der Waals surface area contributed by atoms with E-state index in [1.165, 1.54) is 0 Å². The van der Waals surface area contributed by atoms with Crippen LogP contribution in [0.5, 0.6) is 5.75 Å². The third kappa shape index (κ3) is 10.5. The first kappa shape index (κ1) is 29.9. The van der Waals surface area contributed by atoms with Gasteiger partial charge in [-0.05, 0) is 56.0 Å². The number of carbonyl (C=O) groups excluding carboxylic acids is 2. The topological polar surface area (TPSA) is 80.3 Å². The van der Waals surface area contributed by atoms with Crippen molar-refractivity contribution >= 4 is 12.2 Å². The average Bonchev–Trinajstić information content (AvgIpc) is 2.96. The Morgan fingerprint density at radius 2 is 1.37 bits per heavy atom. The molecule has 3 aromatic carbocycles. The summed E-state index contributed by atoms with van der Waals surface area (Å²) >= 11 is 0. The molecule has 0 aromatic heterocycles. The number of ether oxygens (including phenoxy) is 3. The molecule has 1 heterocycles. The Labute approximate surface area is 243 Å². The molecule has 1 N–H and O–H groups in total. The van der Waals surface area contributed by atoms with E-state index < -0.39 is 11.7 Å². The first-order valence-electron chi connectivity index (χ1n) is 14.2. The Bertz CT molecular complexity index is 1220. The molecular formula is C33H41N3O5. The second kappa shape index (κ2) is 14.6. The number of nitrogens with zero attached hydrogens (tertiary/aromatic N) is 2. The van der Waals surface area contributed by atoms with Crippen LogP contribution >= 0.6 is 0 Å². The second-order valence-corrected chi connectivity index (χ2v) is 11.3. The van der Waals surface area contributed by atoms with E-state index in [2.05, 4.69) is 10.2 Å². The average molecular weight is 560 g/mol. The van der Waals surface area contributed by atoms with Crippen LogP contribution in [0.25, 0.3) is 0 Å². The molecule has 2 amide bonds. The SMILES string of the molecule is CC(C)(C)OC(=O)N1CCN(CC(Cc2ccc(OCc3ccccc3)cc2)NC(=O)OCc2ccccc2)CC1. The quantitative estimate of drug-likeness (QED) is 0.346. The maximum atomic E-state index is 12.8. The summed E-state index contributed by atoms with van der Waals surface area (Å²) in [7, 11) is 0. The van der Waals surface area contributed by atoms with Gasteiger partial charge in [0.15, 0.2) is 0 Å². The van der Waals surface area contributed by atoms with Gasteiger partial charge in [-0.3, -0.25) is 4.90 Å². The second-order valence-electron chi connectivity index (χ2n) is 11.3. The number of hydrogen-bond acceptors (Lipinski definition) is 6. The highest BCUT2D eigenvalue weighted by Gasteiger charge is 2.27. The van der Waals surface area contributed by atoms with Gasteiger partial charge < -0.3 is 24.4 Å². The van der Waals surface area contributed by atoms with Crippen molar-refractivity contribution in [1.29, 1.82) is 0 Å². The van der Waals surface area contributed by atoms with Gasteiger partial charge in [0.25, 0.3) is 0 Å². The van der Waals surface area contributed by atoms with Crippen LogP contribution in [0.15, 0.2) is 84.9 Å². The summed E-state index contributed by atoms with van der Waals surface area (Å²) < 4.78 is 17.0. The summed E-state index contributed by atoms with van der Waals surface area (Å²) in [5.74, 6) is 0.794. The number of nitrogens with one attached hydrogen (secondary N) is 1. The van der Waals surface area contributed by atoms with E-state index in [0.717, 1.165) is 22.4 Å². The summed E-state index contributed by atoms with van der Waals surface area (Å²) in [5, 5.41) is 3.07. The van der Waals surface area contributed by atoms with Gasteiger partial charge in [0.1, 0.15) is 24.6 Å². The Kier molecular flexibility index (Phi) is 10.6. The molecule has 1 saturated heterocycles. The zero-order valence-corrected chi connectivity index (χ0v) is 24.3. The zero-order valence-electron chi connectivity index (χ0n) is 24.3. The fourth-order valence-corrected chi connectivity index (χ4v) is 4.59. The molecule has 8 nitrogen and oxygen atoms in total. The Morgan fingerprint density at radius 1 is 0.780 bits per heavy atom. The van der Waals surface area contributed by atoms with E-state index in [0.29, 0.717) is 45.8 Å². The third-order valence-electron chi connectivity index (χ3n) is 6.69. The number of piperazine rings is 1. The monoisotopic (exact) mass is 559 g/mol. The summed E-state index contributed by atoms with van der Waals surface area (Å²) in [4.78, 5) is 29.2. The summed E-state index contributed by atoms with van der Waals surface area (Å²) in [6.45, 7) is 9.51. The van der Waals surface area contributed by atoms with Crippen LogP contribution in [-0.4, -0.2) is 66.4 Å². The van der Waals surface area contributed by atoms with Gasteiger partial charge >= 0.3 is 12.2 Å². The standard InChI is InChI=1S/C33H41N3O5/c1-33(2,3)41-32(38)36-20-18-35(19-21-36)23-29(34-31(37)40-25-28-12-8-5-9-13-28)22-26-14-16-30(17-15-26)39-24-27-10-6-4-7-11-27/h4-17,29H,18-25H2,1-3H3,(H,34,37). The van der Waals surface area contributed by atoms with Crippen LogP contribution in [0.2, 0.25) is 0 Å². The molecule has 41 heavy (non-hydrogen) atoms. The first-order chi connectivity index (χ1) is 19.7. The normalized spacial score (nSPS) is 14.7. The molecule has 1 unspecified atom stereocenters. The molecule has 218 valence electrons. The smallest absolute Gasteiger partial charge is 0.410 e. The molecule has 0 saturated carbocycles. The largest absolute Gasteiger partial charge is 0.489 e. The van der Waals surface area contributed by atoms with E-state index in [-0.39, 0.29) is 18.7 Å². The molecule has 0 aliphatic carbocycles. The highest BCUT2D eigenvalue weighted by Crippen LogP contribution is 2.17. The molecule has 0 bridgehead atoms. The Hall–Kier alpha value is -4.04. The molecule has 1 atom stereocenters. The maximum absolute atomic E-state index is 12.8. The van der Waals surface area contributed by atoms with Crippen LogP contribution < -0.4 is 10.1 Å². The van der Waals surface area contributed by atoms with E-state index in [1.54, 1.807) is 4.90 Å². The van der Waals surface area contributed by atoms with Crippen molar-refractivity contribution in [3.05, 3.63) is 102 Å². The molecule has 3 aromatic rings. The van der Waals surface area contributed by atoms with Crippen molar-refractivity contribution in [3.63, 3.8) is 0 Å². The number of rotatable bonds is 10. The van der Waals surface area contributed by atoms with Crippen LogP contribution in [0.4, 0.5) is 9.59 Å². The summed E-state index contributed by atoms with van der Waals surface area (Å²) in [6, 6.07) is 27.5. The minimum Gasteiger partial charge on any atom is -0.489 e. The van der Waals surface area contributed by atoms with Crippen molar-refractivity contribution in [3.8, 4) is 5.75 Å².